The Labute approximate surface area is 147 Å². The molecular formula is C17H16BrNO5. The molecule has 1 aromatic carbocycles. The lowest BCUT2D eigenvalue weighted by atomic mass is 10.2. The van der Waals surface area contributed by atoms with Gasteiger partial charge in [0, 0.05) is 11.0 Å². The smallest absolute Gasteiger partial charge is 0.326 e. The summed E-state index contributed by atoms with van der Waals surface area (Å²) < 4.78 is 12.1. The molecule has 0 saturated carbocycles. The molecule has 0 unspecified atom stereocenters. The Bertz CT molecular complexity index is 740. The summed E-state index contributed by atoms with van der Waals surface area (Å²) in [5.41, 5.74) is 0. The number of rotatable bonds is 5. The lowest BCUT2D eigenvalue weighted by Crippen LogP contribution is -2.40. The molecule has 0 aliphatic carbocycles. The summed E-state index contributed by atoms with van der Waals surface area (Å²) in [5, 5.41) is 9.17. The minimum absolute atomic E-state index is 0.137. The number of hydrogen-bond acceptors (Lipinski definition) is 4. The third-order valence-corrected chi connectivity index (χ3v) is 4.39. The van der Waals surface area contributed by atoms with Gasteiger partial charge in [0.1, 0.15) is 24.2 Å². The molecule has 1 amide bonds. The van der Waals surface area contributed by atoms with Crippen molar-refractivity contribution in [1.82, 2.24) is 4.90 Å². The van der Waals surface area contributed by atoms with E-state index in [4.69, 9.17) is 14.3 Å². The number of benzene rings is 1. The first kappa shape index (κ1) is 16.6. The Morgan fingerprint density at radius 1 is 1.25 bits per heavy atom. The molecule has 3 rings (SSSR count). The van der Waals surface area contributed by atoms with E-state index in [1.54, 1.807) is 12.1 Å². The summed E-state index contributed by atoms with van der Waals surface area (Å²) in [6, 6.07) is 9.82. The molecule has 1 aromatic heterocycles. The molecule has 0 bridgehead atoms. The average Bonchev–Trinajstić information content (AvgIpc) is 3.23. The number of aliphatic carboxylic acids is 1. The summed E-state index contributed by atoms with van der Waals surface area (Å²) >= 11 is 3.35. The maximum Gasteiger partial charge on any atom is 0.326 e. The number of halogens is 1. The summed E-state index contributed by atoms with van der Waals surface area (Å²) in [6.07, 6.45) is 1.16. The molecule has 1 atom stereocenters. The van der Waals surface area contributed by atoms with E-state index in [1.807, 2.05) is 24.3 Å². The number of hydrogen-bond donors (Lipinski definition) is 1. The molecule has 2 aromatic rings. The Hall–Kier alpha value is -2.28. The highest BCUT2D eigenvalue weighted by Crippen LogP contribution is 2.22. The number of carboxylic acid groups (broad SMARTS) is 1. The van der Waals surface area contributed by atoms with Gasteiger partial charge in [-0.1, -0.05) is 15.9 Å². The van der Waals surface area contributed by atoms with Gasteiger partial charge in [-0.3, -0.25) is 4.79 Å². The summed E-state index contributed by atoms with van der Waals surface area (Å²) in [6.45, 7) is 0.624. The number of likely N-dealkylation sites (tertiary alicyclic amines) is 1. The number of carboxylic acids is 1. The van der Waals surface area contributed by atoms with E-state index < -0.39 is 17.9 Å². The normalized spacial score (nSPS) is 17.0. The van der Waals surface area contributed by atoms with E-state index in [2.05, 4.69) is 15.9 Å². The predicted molar refractivity (Wildman–Crippen MR) is 88.9 cm³/mol. The Kier molecular flexibility index (Phi) is 4.89. The zero-order chi connectivity index (χ0) is 17.1. The van der Waals surface area contributed by atoms with Crippen LogP contribution < -0.4 is 4.74 Å². The summed E-state index contributed by atoms with van der Waals surface area (Å²) in [7, 11) is 0. The first-order valence-corrected chi connectivity index (χ1v) is 8.35. The van der Waals surface area contributed by atoms with Crippen LogP contribution in [0.4, 0.5) is 0 Å². The van der Waals surface area contributed by atoms with Crippen LogP contribution in [-0.4, -0.2) is 34.5 Å². The predicted octanol–water partition coefficient (Wildman–Crippen LogP) is 3.31. The van der Waals surface area contributed by atoms with Crippen LogP contribution >= 0.6 is 15.9 Å². The van der Waals surface area contributed by atoms with Crippen LogP contribution in [0, 0.1) is 0 Å². The fourth-order valence-electron chi connectivity index (χ4n) is 2.66. The van der Waals surface area contributed by atoms with Crippen LogP contribution in [0.5, 0.6) is 5.75 Å². The first-order chi connectivity index (χ1) is 11.5. The van der Waals surface area contributed by atoms with Gasteiger partial charge >= 0.3 is 5.97 Å². The van der Waals surface area contributed by atoms with Gasteiger partial charge in [-0.15, -0.1) is 0 Å². The van der Waals surface area contributed by atoms with Gasteiger partial charge in [-0.25, -0.2) is 4.79 Å². The molecule has 1 aliphatic rings. The van der Waals surface area contributed by atoms with Crippen LogP contribution in [0.15, 0.2) is 45.3 Å². The van der Waals surface area contributed by atoms with E-state index >= 15 is 0 Å². The second kappa shape index (κ2) is 7.09. The van der Waals surface area contributed by atoms with Crippen LogP contribution in [0.3, 0.4) is 0 Å². The number of amides is 1. The van der Waals surface area contributed by atoms with Gasteiger partial charge in [0.2, 0.25) is 0 Å². The van der Waals surface area contributed by atoms with Crippen molar-refractivity contribution in [3.05, 3.63) is 52.4 Å². The van der Waals surface area contributed by atoms with Crippen molar-refractivity contribution in [3.63, 3.8) is 0 Å². The zero-order valence-corrected chi connectivity index (χ0v) is 14.4. The summed E-state index contributed by atoms with van der Waals surface area (Å²) in [4.78, 5) is 24.9. The number of nitrogens with zero attached hydrogens (tertiary/aromatic N) is 1. The second-order valence-corrected chi connectivity index (χ2v) is 6.42. The van der Waals surface area contributed by atoms with Crippen molar-refractivity contribution >= 4 is 27.8 Å². The van der Waals surface area contributed by atoms with Gasteiger partial charge in [0.15, 0.2) is 5.76 Å². The minimum Gasteiger partial charge on any atom is -0.486 e. The Balaban J connectivity index is 1.63. The lowest BCUT2D eigenvalue weighted by Gasteiger charge is -2.19. The quantitative estimate of drug-likeness (QED) is 0.842. The third kappa shape index (κ3) is 3.62. The fourth-order valence-corrected chi connectivity index (χ4v) is 2.93. The monoisotopic (exact) mass is 393 g/mol. The highest BCUT2D eigenvalue weighted by molar-refractivity contribution is 9.10. The molecule has 0 radical (unpaired) electrons. The molecule has 126 valence electrons. The van der Waals surface area contributed by atoms with Crippen LogP contribution in [0.1, 0.15) is 29.2 Å². The molecule has 24 heavy (non-hydrogen) atoms. The van der Waals surface area contributed by atoms with Gasteiger partial charge in [-0.05, 0) is 49.2 Å². The van der Waals surface area contributed by atoms with Crippen molar-refractivity contribution in [2.45, 2.75) is 25.5 Å². The number of ether oxygens (including phenoxy) is 1. The van der Waals surface area contributed by atoms with Crippen molar-refractivity contribution in [1.29, 1.82) is 0 Å². The molecule has 6 nitrogen and oxygen atoms in total. The Morgan fingerprint density at radius 2 is 2.00 bits per heavy atom. The second-order valence-electron chi connectivity index (χ2n) is 5.50. The van der Waals surface area contributed by atoms with Gasteiger partial charge in [0.25, 0.3) is 5.91 Å². The SMILES string of the molecule is O=C(O)[C@H]1CCCN1C(=O)c1ccc(COc2ccc(Br)cc2)o1. The number of carbonyl (C=O) groups excluding carboxylic acids is 1. The molecule has 1 fully saturated rings. The minimum atomic E-state index is -0.980. The van der Waals surface area contributed by atoms with Crippen molar-refractivity contribution in [3.8, 4) is 5.75 Å². The number of carbonyl (C=O) groups is 2. The van der Waals surface area contributed by atoms with Gasteiger partial charge in [0.05, 0.1) is 0 Å². The molecule has 2 heterocycles. The molecule has 1 N–H and O–H groups in total. The molecule has 1 aliphatic heterocycles. The largest absolute Gasteiger partial charge is 0.486 e. The maximum absolute atomic E-state index is 12.4. The van der Waals surface area contributed by atoms with Gasteiger partial charge in [-0.2, -0.15) is 0 Å². The summed E-state index contributed by atoms with van der Waals surface area (Å²) in [5.74, 6) is -0.0427. The van der Waals surface area contributed by atoms with E-state index in [1.165, 1.54) is 4.90 Å². The molecule has 1 saturated heterocycles. The van der Waals surface area contributed by atoms with E-state index in [-0.39, 0.29) is 12.4 Å². The lowest BCUT2D eigenvalue weighted by molar-refractivity contribution is -0.141. The van der Waals surface area contributed by atoms with E-state index in [0.717, 1.165) is 4.47 Å². The van der Waals surface area contributed by atoms with Gasteiger partial charge < -0.3 is 19.2 Å². The van der Waals surface area contributed by atoms with E-state index in [9.17, 15) is 9.59 Å². The highest BCUT2D eigenvalue weighted by atomic mass is 79.9. The topological polar surface area (TPSA) is 80.0 Å². The highest BCUT2D eigenvalue weighted by Gasteiger charge is 2.35. The number of furan rings is 1. The third-order valence-electron chi connectivity index (χ3n) is 3.87. The van der Waals surface area contributed by atoms with Crippen molar-refractivity contribution in [2.24, 2.45) is 0 Å². The standard InChI is InChI=1S/C17H16BrNO5/c18-11-3-5-12(6-4-11)23-10-13-7-8-15(24-13)16(20)19-9-1-2-14(19)17(21)22/h3-8,14H,1-2,9-10H2,(H,21,22)/t14-/m1/s1. The molecule has 0 spiro atoms. The fraction of sp³-hybridized carbons (Fsp3) is 0.294. The van der Waals surface area contributed by atoms with Crippen LogP contribution in [0.2, 0.25) is 0 Å². The first-order valence-electron chi connectivity index (χ1n) is 7.55. The maximum atomic E-state index is 12.4. The van der Waals surface area contributed by atoms with Crippen LogP contribution in [0.25, 0.3) is 0 Å². The van der Waals surface area contributed by atoms with Crippen LogP contribution in [-0.2, 0) is 11.4 Å². The van der Waals surface area contributed by atoms with Crippen molar-refractivity contribution < 1.29 is 23.8 Å². The molecule has 7 heteroatoms. The zero-order valence-electron chi connectivity index (χ0n) is 12.8. The van der Waals surface area contributed by atoms with E-state index in [0.29, 0.717) is 30.9 Å². The van der Waals surface area contributed by atoms with Crippen molar-refractivity contribution in [2.75, 3.05) is 6.54 Å². The average molecular weight is 394 g/mol. The molecular weight excluding hydrogens is 378 g/mol. The Morgan fingerprint density at radius 3 is 2.71 bits per heavy atom.